The molecule has 0 bridgehead atoms. The van der Waals surface area contributed by atoms with Crippen LogP contribution in [0.4, 0.5) is 4.39 Å². The van der Waals surface area contributed by atoms with E-state index in [0.717, 1.165) is 0 Å². The van der Waals surface area contributed by atoms with E-state index >= 15 is 4.39 Å². The molecule has 0 amide bonds. The standard InChI is InChI=1S/C22H37FN2O5Si2/c1-13(2)31(14(3)4)28-12-17-19(29-32(30-31,15(5)6)16(7)8)11-18(21(17)23)25-10-9-20(26)24-22(25)27/h9-10,13-16,18-19H,11-12H2,1-8H3,(H,24,26,27)/t18-,19-/m0/s1. The van der Waals surface area contributed by atoms with Gasteiger partial charge in [0.05, 0.1) is 18.8 Å². The maximum Gasteiger partial charge on any atom is 0.335 e. The van der Waals surface area contributed by atoms with Crippen LogP contribution < -0.4 is 11.2 Å². The summed E-state index contributed by atoms with van der Waals surface area (Å²) >= 11 is 0. The molecular weight excluding hydrogens is 447 g/mol. The smallest absolute Gasteiger partial charge is 0.335 e. The fourth-order valence-corrected chi connectivity index (χ4v) is 16.3. The third-order valence-corrected chi connectivity index (χ3v) is 17.2. The van der Waals surface area contributed by atoms with Crippen molar-refractivity contribution in [1.82, 2.24) is 9.55 Å². The number of hydrogen-bond donors (Lipinski definition) is 1. The van der Waals surface area contributed by atoms with Crippen molar-refractivity contribution in [2.45, 2.75) is 96.1 Å². The molecule has 2 heterocycles. The zero-order valence-corrected chi connectivity index (χ0v) is 22.4. The molecule has 1 aliphatic carbocycles. The largest absolute Gasteiger partial charge is 0.414 e. The van der Waals surface area contributed by atoms with Crippen molar-refractivity contribution in [3.8, 4) is 0 Å². The van der Waals surface area contributed by atoms with Gasteiger partial charge in [-0.05, 0) is 22.2 Å². The number of rotatable bonds is 5. The van der Waals surface area contributed by atoms with Crippen molar-refractivity contribution >= 4 is 17.1 Å². The lowest BCUT2D eigenvalue weighted by molar-refractivity contribution is 0.101. The molecule has 1 aromatic heterocycles. The molecule has 0 spiro atoms. The molecule has 1 saturated heterocycles. The molecule has 0 unspecified atom stereocenters. The first-order valence-electron chi connectivity index (χ1n) is 11.6. The van der Waals surface area contributed by atoms with Gasteiger partial charge in [-0.15, -0.1) is 0 Å². The van der Waals surface area contributed by atoms with Gasteiger partial charge in [0.15, 0.2) is 0 Å². The Morgan fingerprint density at radius 3 is 2.06 bits per heavy atom. The second kappa shape index (κ2) is 9.13. The van der Waals surface area contributed by atoms with E-state index in [-0.39, 0.29) is 35.2 Å². The van der Waals surface area contributed by atoms with Gasteiger partial charge in [0, 0.05) is 24.3 Å². The van der Waals surface area contributed by atoms with Gasteiger partial charge in [-0.3, -0.25) is 14.3 Å². The summed E-state index contributed by atoms with van der Waals surface area (Å²) in [5.41, 5.74) is -0.0846. The Morgan fingerprint density at radius 1 is 1.00 bits per heavy atom. The second-order valence-corrected chi connectivity index (χ2v) is 19.0. The Hall–Kier alpha value is -1.34. The van der Waals surface area contributed by atoms with Crippen LogP contribution in [-0.4, -0.2) is 39.4 Å². The highest BCUT2D eigenvalue weighted by molar-refractivity contribution is 6.84. The zero-order chi connectivity index (χ0) is 24.0. The quantitative estimate of drug-likeness (QED) is 0.615. The van der Waals surface area contributed by atoms with E-state index < -0.39 is 46.3 Å². The van der Waals surface area contributed by atoms with E-state index in [1.165, 1.54) is 16.8 Å². The van der Waals surface area contributed by atoms with Gasteiger partial charge in [-0.2, -0.15) is 0 Å². The second-order valence-electron chi connectivity index (χ2n) is 10.2. The highest BCUT2D eigenvalue weighted by Gasteiger charge is 2.59. The third-order valence-electron chi connectivity index (χ3n) is 6.93. The zero-order valence-electron chi connectivity index (χ0n) is 20.4. The predicted octanol–water partition coefficient (Wildman–Crippen LogP) is 4.66. The average Bonchev–Trinajstić information content (AvgIpc) is 2.95. The van der Waals surface area contributed by atoms with E-state index in [0.29, 0.717) is 5.57 Å². The van der Waals surface area contributed by atoms with E-state index in [2.05, 4.69) is 60.4 Å². The summed E-state index contributed by atoms with van der Waals surface area (Å²) in [4.78, 5) is 26.1. The minimum atomic E-state index is -2.86. The van der Waals surface area contributed by atoms with Crippen LogP contribution in [0.2, 0.25) is 22.2 Å². The van der Waals surface area contributed by atoms with Gasteiger partial charge in [-0.1, -0.05) is 55.4 Å². The molecule has 3 rings (SSSR count). The number of aromatic amines is 1. The summed E-state index contributed by atoms with van der Waals surface area (Å²) in [6.07, 6.45) is 1.09. The maximum atomic E-state index is 15.8. The molecule has 1 fully saturated rings. The van der Waals surface area contributed by atoms with Gasteiger partial charge in [0.2, 0.25) is 0 Å². The summed E-state index contributed by atoms with van der Waals surface area (Å²) in [5, 5.41) is 0. The molecular formula is C22H37FN2O5Si2. The topological polar surface area (TPSA) is 82.6 Å². The number of nitrogens with zero attached hydrogens (tertiary/aromatic N) is 1. The van der Waals surface area contributed by atoms with Gasteiger partial charge >= 0.3 is 22.8 Å². The fourth-order valence-electron chi connectivity index (χ4n) is 5.13. The van der Waals surface area contributed by atoms with Gasteiger partial charge in [0.25, 0.3) is 5.56 Å². The van der Waals surface area contributed by atoms with Crippen molar-refractivity contribution < 1.29 is 17.4 Å². The fraction of sp³-hybridized carbons (Fsp3) is 0.727. The number of allylic oxidation sites excluding steroid dienone is 1. The SMILES string of the molecule is CC(C)[Si]1(C(C)C)OCC2=C(F)[C@@H](n3ccc(=O)[nH]c3=O)C[C@@H]2O[Si](C(C)C)(C(C)C)O1. The predicted molar refractivity (Wildman–Crippen MR) is 127 cm³/mol. The molecule has 0 saturated carbocycles. The summed E-state index contributed by atoms with van der Waals surface area (Å²) in [6, 6.07) is 0.401. The summed E-state index contributed by atoms with van der Waals surface area (Å²) < 4.78 is 37.6. The van der Waals surface area contributed by atoms with Crippen LogP contribution in [0.25, 0.3) is 0 Å². The van der Waals surface area contributed by atoms with Gasteiger partial charge < -0.3 is 13.0 Å². The number of halogens is 1. The minimum absolute atomic E-state index is 0.0916. The van der Waals surface area contributed by atoms with Gasteiger partial charge in [-0.25, -0.2) is 9.18 Å². The molecule has 7 nitrogen and oxygen atoms in total. The lowest BCUT2D eigenvalue weighted by Crippen LogP contribution is -2.63. The minimum Gasteiger partial charge on any atom is -0.414 e. The summed E-state index contributed by atoms with van der Waals surface area (Å²) in [7, 11) is -5.63. The van der Waals surface area contributed by atoms with E-state index in [9.17, 15) is 9.59 Å². The van der Waals surface area contributed by atoms with Crippen LogP contribution in [0.15, 0.2) is 33.3 Å². The molecule has 1 aromatic rings. The van der Waals surface area contributed by atoms with Crippen molar-refractivity contribution in [2.75, 3.05) is 6.61 Å². The lowest BCUT2D eigenvalue weighted by atomic mass is 10.2. The van der Waals surface area contributed by atoms with Crippen molar-refractivity contribution in [3.05, 3.63) is 44.5 Å². The average molecular weight is 485 g/mol. The highest BCUT2D eigenvalue weighted by Crippen LogP contribution is 2.49. The molecule has 32 heavy (non-hydrogen) atoms. The number of fused-ring (bicyclic) bond motifs is 1. The number of aromatic nitrogens is 2. The normalized spacial score (nSPS) is 25.5. The van der Waals surface area contributed by atoms with E-state index in [1.807, 2.05) is 0 Å². The number of hydrogen-bond acceptors (Lipinski definition) is 5. The van der Waals surface area contributed by atoms with E-state index in [1.54, 1.807) is 0 Å². The van der Waals surface area contributed by atoms with Crippen LogP contribution in [0.5, 0.6) is 0 Å². The molecule has 0 radical (unpaired) electrons. The highest BCUT2D eigenvalue weighted by atomic mass is 28.5. The van der Waals surface area contributed by atoms with Crippen LogP contribution in [-0.2, 0) is 13.0 Å². The van der Waals surface area contributed by atoms with Crippen LogP contribution >= 0.6 is 0 Å². The lowest BCUT2D eigenvalue weighted by Gasteiger charge is -2.50. The molecule has 10 heteroatoms. The van der Waals surface area contributed by atoms with Crippen molar-refractivity contribution in [2.24, 2.45) is 0 Å². The Bertz CT molecular complexity index is 969. The van der Waals surface area contributed by atoms with E-state index in [4.69, 9.17) is 13.0 Å². The van der Waals surface area contributed by atoms with Crippen LogP contribution in [0.3, 0.4) is 0 Å². The van der Waals surface area contributed by atoms with Gasteiger partial charge in [0.1, 0.15) is 5.83 Å². The Balaban J connectivity index is 2.14. The first kappa shape index (κ1) is 25.3. The first-order valence-corrected chi connectivity index (χ1v) is 15.5. The molecule has 2 atom stereocenters. The Labute approximate surface area is 191 Å². The first-order chi connectivity index (χ1) is 14.9. The van der Waals surface area contributed by atoms with Crippen LogP contribution in [0.1, 0.15) is 67.9 Å². The molecule has 1 aliphatic heterocycles. The molecule has 1 N–H and O–H groups in total. The molecule has 180 valence electrons. The van der Waals surface area contributed by atoms with Crippen molar-refractivity contribution in [3.63, 3.8) is 0 Å². The van der Waals surface area contributed by atoms with Crippen LogP contribution in [0, 0.1) is 0 Å². The number of H-pyrrole nitrogens is 1. The maximum absolute atomic E-state index is 15.8. The third kappa shape index (κ3) is 4.15. The monoisotopic (exact) mass is 484 g/mol. The number of nitrogens with one attached hydrogen (secondary N) is 1. The van der Waals surface area contributed by atoms with Crippen molar-refractivity contribution in [1.29, 1.82) is 0 Å². The Morgan fingerprint density at radius 2 is 1.56 bits per heavy atom. The summed E-state index contributed by atoms with van der Waals surface area (Å²) in [5.74, 6) is -0.406. The Kier molecular flexibility index (Phi) is 7.22. The molecule has 0 aromatic carbocycles. The molecule has 2 aliphatic rings. The summed E-state index contributed by atoms with van der Waals surface area (Å²) in [6.45, 7) is 17.0.